The summed E-state index contributed by atoms with van der Waals surface area (Å²) < 4.78 is 34.8. The van der Waals surface area contributed by atoms with Crippen molar-refractivity contribution < 1.29 is 18.3 Å². The maximum atomic E-state index is 12.1. The predicted molar refractivity (Wildman–Crippen MR) is 78.4 cm³/mol. The monoisotopic (exact) mass is 296 g/mol. The molecule has 0 unspecified atom stereocenters. The minimum atomic E-state index is -1.77. The van der Waals surface area contributed by atoms with E-state index in [2.05, 4.69) is 31.2 Å². The van der Waals surface area contributed by atoms with Crippen molar-refractivity contribution >= 4 is 0 Å². The van der Waals surface area contributed by atoms with Crippen LogP contribution >= 0.6 is 0 Å². The molecular formula is C17H22F2O2. The summed E-state index contributed by atoms with van der Waals surface area (Å²) in [5.74, 6) is 0.113. The van der Waals surface area contributed by atoms with Crippen molar-refractivity contribution in [3.05, 3.63) is 47.5 Å². The van der Waals surface area contributed by atoms with Crippen LogP contribution in [0.25, 0.3) is 0 Å². The van der Waals surface area contributed by atoms with E-state index in [1.54, 1.807) is 0 Å². The van der Waals surface area contributed by atoms with Gasteiger partial charge in [0.25, 0.3) is 6.08 Å². The van der Waals surface area contributed by atoms with Crippen LogP contribution in [-0.2, 0) is 15.9 Å². The molecule has 1 aromatic rings. The van der Waals surface area contributed by atoms with Gasteiger partial charge in [0.15, 0.2) is 6.29 Å². The first kappa shape index (κ1) is 16.1. The van der Waals surface area contributed by atoms with Crippen molar-refractivity contribution in [1.82, 2.24) is 0 Å². The van der Waals surface area contributed by atoms with Crippen LogP contribution in [0.3, 0.4) is 0 Å². The van der Waals surface area contributed by atoms with Gasteiger partial charge in [-0.2, -0.15) is 8.78 Å². The Morgan fingerprint density at radius 1 is 1.14 bits per heavy atom. The number of unbranched alkanes of at least 4 members (excludes halogenated alkanes) is 2. The molecule has 1 aromatic carbocycles. The molecule has 1 aliphatic heterocycles. The second-order valence-electron chi connectivity index (χ2n) is 5.39. The zero-order chi connectivity index (χ0) is 15.1. The maximum absolute atomic E-state index is 12.1. The van der Waals surface area contributed by atoms with Gasteiger partial charge in [-0.25, -0.2) is 0 Å². The minimum absolute atomic E-state index is 0.113. The third-order valence-corrected chi connectivity index (χ3v) is 3.71. The van der Waals surface area contributed by atoms with Crippen molar-refractivity contribution in [3.8, 4) is 0 Å². The summed E-state index contributed by atoms with van der Waals surface area (Å²) in [7, 11) is 0. The molecule has 0 aromatic heterocycles. The van der Waals surface area contributed by atoms with Crippen LogP contribution in [0, 0.1) is 0 Å². The van der Waals surface area contributed by atoms with Crippen molar-refractivity contribution in [3.63, 3.8) is 0 Å². The fraction of sp³-hybridized carbons (Fsp3) is 0.529. The molecule has 1 aliphatic rings. The number of halogens is 2. The molecule has 116 valence electrons. The first-order valence-corrected chi connectivity index (χ1v) is 7.54. The highest BCUT2D eigenvalue weighted by Crippen LogP contribution is 2.24. The molecule has 0 amide bonds. The van der Waals surface area contributed by atoms with E-state index < -0.39 is 12.4 Å². The van der Waals surface area contributed by atoms with E-state index in [-0.39, 0.29) is 5.92 Å². The Bertz CT molecular complexity index is 444. The van der Waals surface area contributed by atoms with E-state index in [1.165, 1.54) is 24.8 Å². The summed E-state index contributed by atoms with van der Waals surface area (Å²) in [5.41, 5.74) is 2.47. The summed E-state index contributed by atoms with van der Waals surface area (Å²) in [6, 6.07) is 8.45. The number of rotatable bonds is 6. The van der Waals surface area contributed by atoms with Crippen LogP contribution in [0.15, 0.2) is 36.4 Å². The van der Waals surface area contributed by atoms with Crippen LogP contribution in [0.2, 0.25) is 0 Å². The van der Waals surface area contributed by atoms with Gasteiger partial charge in [-0.15, -0.1) is 0 Å². The van der Waals surface area contributed by atoms with Crippen LogP contribution in [-0.4, -0.2) is 19.5 Å². The molecule has 1 heterocycles. The second-order valence-corrected chi connectivity index (χ2v) is 5.39. The largest absolute Gasteiger partial charge is 0.348 e. The average molecular weight is 296 g/mol. The standard InChI is InChI=1S/C17H22F2O2/c1-2-3-4-5-13-6-8-14(9-7-13)15-11-20-17(21-12-15)10-16(18)19/h6-10,15,17H,2-5,11-12H2,1H3. The number of benzene rings is 1. The van der Waals surface area contributed by atoms with Gasteiger partial charge in [-0.05, 0) is 24.0 Å². The Morgan fingerprint density at radius 3 is 2.38 bits per heavy atom. The van der Waals surface area contributed by atoms with Gasteiger partial charge in [0.05, 0.1) is 13.2 Å². The van der Waals surface area contributed by atoms with E-state index in [0.29, 0.717) is 19.3 Å². The Kier molecular flexibility index (Phi) is 6.33. The van der Waals surface area contributed by atoms with Gasteiger partial charge in [-0.1, -0.05) is 44.0 Å². The number of hydrogen-bond acceptors (Lipinski definition) is 2. The van der Waals surface area contributed by atoms with Crippen molar-refractivity contribution in [2.45, 2.75) is 44.8 Å². The molecule has 4 heteroatoms. The van der Waals surface area contributed by atoms with Crippen LogP contribution in [0.1, 0.15) is 43.2 Å². The molecule has 1 saturated heterocycles. The van der Waals surface area contributed by atoms with Crippen LogP contribution in [0.5, 0.6) is 0 Å². The average Bonchev–Trinajstić information content (AvgIpc) is 2.49. The fourth-order valence-corrected chi connectivity index (χ4v) is 2.45. The number of hydrogen-bond donors (Lipinski definition) is 0. The molecule has 21 heavy (non-hydrogen) atoms. The molecule has 2 rings (SSSR count). The summed E-state index contributed by atoms with van der Waals surface area (Å²) in [5, 5.41) is 0. The molecule has 0 N–H and O–H groups in total. The van der Waals surface area contributed by atoms with E-state index in [9.17, 15) is 8.78 Å². The normalized spacial score (nSPS) is 22.0. The summed E-state index contributed by atoms with van der Waals surface area (Å²) in [6.07, 6.45) is 2.82. The zero-order valence-electron chi connectivity index (χ0n) is 12.4. The molecule has 0 spiro atoms. The topological polar surface area (TPSA) is 18.5 Å². The molecule has 0 aliphatic carbocycles. The first-order valence-electron chi connectivity index (χ1n) is 7.54. The van der Waals surface area contributed by atoms with Crippen LogP contribution < -0.4 is 0 Å². The highest BCUT2D eigenvalue weighted by molar-refractivity contribution is 5.26. The zero-order valence-corrected chi connectivity index (χ0v) is 12.4. The molecule has 0 saturated carbocycles. The Labute approximate surface area is 124 Å². The van der Waals surface area contributed by atoms with Crippen molar-refractivity contribution in [2.24, 2.45) is 0 Å². The second kappa shape index (κ2) is 8.25. The summed E-state index contributed by atoms with van der Waals surface area (Å²) >= 11 is 0. The molecule has 0 bridgehead atoms. The fourth-order valence-electron chi connectivity index (χ4n) is 2.45. The van der Waals surface area contributed by atoms with E-state index in [1.807, 2.05) is 0 Å². The highest BCUT2D eigenvalue weighted by atomic mass is 19.3. The minimum Gasteiger partial charge on any atom is -0.348 e. The highest BCUT2D eigenvalue weighted by Gasteiger charge is 2.22. The summed E-state index contributed by atoms with van der Waals surface area (Å²) in [4.78, 5) is 0. The third kappa shape index (κ3) is 5.21. The third-order valence-electron chi connectivity index (χ3n) is 3.71. The van der Waals surface area contributed by atoms with Gasteiger partial charge < -0.3 is 9.47 Å². The summed E-state index contributed by atoms with van der Waals surface area (Å²) in [6.45, 7) is 3.01. The molecule has 0 radical (unpaired) electrons. The lowest BCUT2D eigenvalue weighted by Crippen LogP contribution is -2.29. The SMILES string of the molecule is CCCCCc1ccc(C2COC(C=C(F)F)OC2)cc1. The molecule has 0 atom stereocenters. The van der Waals surface area contributed by atoms with Gasteiger partial charge in [0, 0.05) is 12.0 Å². The molecule has 1 fully saturated rings. The van der Waals surface area contributed by atoms with Crippen molar-refractivity contribution in [2.75, 3.05) is 13.2 Å². The Balaban J connectivity index is 1.84. The first-order chi connectivity index (χ1) is 10.2. The van der Waals surface area contributed by atoms with E-state index >= 15 is 0 Å². The van der Waals surface area contributed by atoms with E-state index in [0.717, 1.165) is 12.0 Å². The Morgan fingerprint density at radius 2 is 1.81 bits per heavy atom. The van der Waals surface area contributed by atoms with E-state index in [4.69, 9.17) is 9.47 Å². The molecule has 2 nitrogen and oxygen atoms in total. The lowest BCUT2D eigenvalue weighted by atomic mass is 9.97. The number of ether oxygens (including phenoxy) is 2. The lowest BCUT2D eigenvalue weighted by Gasteiger charge is -2.27. The lowest BCUT2D eigenvalue weighted by molar-refractivity contribution is -0.160. The smallest absolute Gasteiger partial charge is 0.271 e. The van der Waals surface area contributed by atoms with Crippen LogP contribution in [0.4, 0.5) is 8.78 Å². The Hall–Kier alpha value is -1.26. The predicted octanol–water partition coefficient (Wildman–Crippen LogP) is 4.66. The number of aryl methyl sites for hydroxylation is 1. The van der Waals surface area contributed by atoms with Gasteiger partial charge >= 0.3 is 0 Å². The van der Waals surface area contributed by atoms with Gasteiger partial charge in [0.2, 0.25) is 0 Å². The quantitative estimate of drug-likeness (QED) is 0.711. The van der Waals surface area contributed by atoms with Crippen molar-refractivity contribution in [1.29, 1.82) is 0 Å². The molecular weight excluding hydrogens is 274 g/mol. The maximum Gasteiger partial charge on any atom is 0.271 e. The van der Waals surface area contributed by atoms with Gasteiger partial charge in [-0.3, -0.25) is 0 Å². The van der Waals surface area contributed by atoms with Gasteiger partial charge in [0.1, 0.15) is 0 Å².